The fraction of sp³-hybridized carbons (Fsp3) is 0.647. The minimum absolute atomic E-state index is 0.683. The van der Waals surface area contributed by atoms with Gasteiger partial charge < -0.3 is 10.2 Å². The van der Waals surface area contributed by atoms with E-state index in [1.807, 2.05) is 0 Å². The first-order valence-electron chi connectivity index (χ1n) is 7.85. The van der Waals surface area contributed by atoms with Crippen molar-refractivity contribution in [2.24, 2.45) is 0 Å². The Balaban J connectivity index is 1.93. The Morgan fingerprint density at radius 2 is 2.11 bits per heavy atom. The van der Waals surface area contributed by atoms with Gasteiger partial charge in [-0.15, -0.1) is 0 Å². The molecule has 0 amide bonds. The van der Waals surface area contributed by atoms with Crippen molar-refractivity contribution in [3.8, 4) is 0 Å². The van der Waals surface area contributed by atoms with E-state index in [2.05, 4.69) is 48.5 Å². The van der Waals surface area contributed by atoms with Crippen molar-refractivity contribution in [3.05, 3.63) is 29.8 Å². The van der Waals surface area contributed by atoms with E-state index in [9.17, 15) is 0 Å². The second kappa shape index (κ2) is 7.54. The molecule has 1 heterocycles. The van der Waals surface area contributed by atoms with Crippen molar-refractivity contribution in [1.82, 2.24) is 5.32 Å². The molecule has 1 atom stereocenters. The Morgan fingerprint density at radius 1 is 1.26 bits per heavy atom. The highest BCUT2D eigenvalue weighted by Gasteiger charge is 2.14. The van der Waals surface area contributed by atoms with Crippen LogP contribution in [-0.2, 0) is 6.42 Å². The number of anilines is 1. The Kier molecular flexibility index (Phi) is 5.71. The number of nitrogens with zero attached hydrogens (tertiary/aromatic N) is 1. The molecule has 0 saturated carbocycles. The summed E-state index contributed by atoms with van der Waals surface area (Å²) in [6, 6.07) is 9.64. The van der Waals surface area contributed by atoms with Crippen molar-refractivity contribution < 1.29 is 0 Å². The van der Waals surface area contributed by atoms with Gasteiger partial charge >= 0.3 is 0 Å². The van der Waals surface area contributed by atoms with Gasteiger partial charge in [0.25, 0.3) is 0 Å². The van der Waals surface area contributed by atoms with Gasteiger partial charge in [0.1, 0.15) is 0 Å². The van der Waals surface area contributed by atoms with Crippen LogP contribution in [0.4, 0.5) is 5.69 Å². The summed E-state index contributed by atoms with van der Waals surface area (Å²) in [5, 5.41) is 3.40. The number of rotatable bonds is 6. The van der Waals surface area contributed by atoms with E-state index in [-0.39, 0.29) is 0 Å². The predicted octanol–water partition coefficient (Wildman–Crippen LogP) is 3.61. The van der Waals surface area contributed by atoms with Crippen molar-refractivity contribution in [3.63, 3.8) is 0 Å². The van der Waals surface area contributed by atoms with Crippen LogP contribution >= 0.6 is 0 Å². The molecule has 106 valence electrons. The van der Waals surface area contributed by atoms with Gasteiger partial charge in [-0.05, 0) is 57.2 Å². The SMILES string of the molecule is CCC(CCCN1CCCCc2ccccc21)NC. The highest BCUT2D eigenvalue weighted by Crippen LogP contribution is 2.26. The standard InChI is InChI=1S/C17H28N2/c1-3-16(18-2)11-8-14-19-13-7-6-10-15-9-4-5-12-17(15)19/h4-5,9,12,16,18H,3,6-8,10-11,13-14H2,1-2H3. The third-order valence-corrected chi connectivity index (χ3v) is 4.34. The highest BCUT2D eigenvalue weighted by atomic mass is 15.1. The molecule has 1 aliphatic rings. The zero-order valence-electron chi connectivity index (χ0n) is 12.5. The summed E-state index contributed by atoms with van der Waals surface area (Å²) in [6.07, 6.45) is 7.72. The lowest BCUT2D eigenvalue weighted by atomic mass is 10.1. The fourth-order valence-corrected chi connectivity index (χ4v) is 3.08. The third kappa shape index (κ3) is 3.97. The zero-order valence-corrected chi connectivity index (χ0v) is 12.5. The smallest absolute Gasteiger partial charge is 0.0398 e. The molecule has 0 bridgehead atoms. The van der Waals surface area contributed by atoms with Crippen LogP contribution in [0.5, 0.6) is 0 Å². The molecular formula is C17H28N2. The monoisotopic (exact) mass is 260 g/mol. The van der Waals surface area contributed by atoms with E-state index in [0.717, 1.165) is 0 Å². The maximum atomic E-state index is 3.40. The predicted molar refractivity (Wildman–Crippen MR) is 84.0 cm³/mol. The van der Waals surface area contributed by atoms with Crippen molar-refractivity contribution in [2.75, 3.05) is 25.0 Å². The average molecular weight is 260 g/mol. The maximum Gasteiger partial charge on any atom is 0.0398 e. The van der Waals surface area contributed by atoms with Gasteiger partial charge in [0.05, 0.1) is 0 Å². The van der Waals surface area contributed by atoms with Gasteiger partial charge in [0.15, 0.2) is 0 Å². The third-order valence-electron chi connectivity index (χ3n) is 4.34. The second-order valence-corrected chi connectivity index (χ2v) is 5.61. The molecule has 0 aromatic heterocycles. The number of hydrogen-bond acceptors (Lipinski definition) is 2. The first kappa shape index (κ1) is 14.4. The van der Waals surface area contributed by atoms with E-state index in [4.69, 9.17) is 0 Å². The second-order valence-electron chi connectivity index (χ2n) is 5.61. The number of nitrogens with one attached hydrogen (secondary N) is 1. The summed E-state index contributed by atoms with van der Waals surface area (Å²) in [6.45, 7) is 4.70. The number of hydrogen-bond donors (Lipinski definition) is 1. The van der Waals surface area contributed by atoms with Crippen molar-refractivity contribution in [1.29, 1.82) is 0 Å². The van der Waals surface area contributed by atoms with Crippen LogP contribution < -0.4 is 10.2 Å². The molecule has 2 heteroatoms. The fourth-order valence-electron chi connectivity index (χ4n) is 3.08. The van der Waals surface area contributed by atoms with Crippen LogP contribution in [0, 0.1) is 0 Å². The summed E-state index contributed by atoms with van der Waals surface area (Å²) >= 11 is 0. The largest absolute Gasteiger partial charge is 0.371 e. The zero-order chi connectivity index (χ0) is 13.5. The molecule has 1 N–H and O–H groups in total. The molecule has 0 radical (unpaired) electrons. The van der Waals surface area contributed by atoms with E-state index in [1.165, 1.54) is 57.3 Å². The molecule has 1 unspecified atom stereocenters. The Morgan fingerprint density at radius 3 is 2.89 bits per heavy atom. The Hall–Kier alpha value is -1.02. The topological polar surface area (TPSA) is 15.3 Å². The quantitative estimate of drug-likeness (QED) is 0.840. The van der Waals surface area contributed by atoms with Crippen molar-refractivity contribution >= 4 is 5.69 Å². The number of benzene rings is 1. The Bertz CT molecular complexity index is 371. The minimum Gasteiger partial charge on any atom is -0.371 e. The molecule has 1 aliphatic heterocycles. The van der Waals surface area contributed by atoms with Crippen LogP contribution in [0.1, 0.15) is 44.6 Å². The molecule has 1 aromatic rings. The number of para-hydroxylation sites is 1. The van der Waals surface area contributed by atoms with Gasteiger partial charge in [-0.3, -0.25) is 0 Å². The summed E-state index contributed by atoms with van der Waals surface area (Å²) in [5.74, 6) is 0. The average Bonchev–Trinajstić information content (AvgIpc) is 2.66. The lowest BCUT2D eigenvalue weighted by Gasteiger charge is -2.26. The summed E-state index contributed by atoms with van der Waals surface area (Å²) < 4.78 is 0. The van der Waals surface area contributed by atoms with E-state index < -0.39 is 0 Å². The summed E-state index contributed by atoms with van der Waals surface area (Å²) in [4.78, 5) is 2.60. The molecule has 19 heavy (non-hydrogen) atoms. The first-order chi connectivity index (χ1) is 9.35. The maximum absolute atomic E-state index is 3.40. The van der Waals surface area contributed by atoms with Crippen LogP contribution in [0.15, 0.2) is 24.3 Å². The molecule has 0 spiro atoms. The minimum atomic E-state index is 0.683. The number of fused-ring (bicyclic) bond motifs is 1. The molecule has 2 rings (SSSR count). The van der Waals surface area contributed by atoms with Crippen LogP contribution in [0.2, 0.25) is 0 Å². The summed E-state index contributed by atoms with van der Waals surface area (Å²) in [7, 11) is 2.08. The van der Waals surface area contributed by atoms with Crippen LogP contribution in [-0.4, -0.2) is 26.2 Å². The van der Waals surface area contributed by atoms with E-state index >= 15 is 0 Å². The molecular weight excluding hydrogens is 232 g/mol. The van der Waals surface area contributed by atoms with Gasteiger partial charge in [0.2, 0.25) is 0 Å². The van der Waals surface area contributed by atoms with E-state index in [0.29, 0.717) is 6.04 Å². The molecule has 0 aliphatic carbocycles. The van der Waals surface area contributed by atoms with Crippen LogP contribution in [0.25, 0.3) is 0 Å². The summed E-state index contributed by atoms with van der Waals surface area (Å²) in [5.41, 5.74) is 3.03. The molecule has 1 aromatic carbocycles. The van der Waals surface area contributed by atoms with Gasteiger partial charge in [-0.25, -0.2) is 0 Å². The van der Waals surface area contributed by atoms with Crippen LogP contribution in [0.3, 0.4) is 0 Å². The molecule has 0 saturated heterocycles. The van der Waals surface area contributed by atoms with Gasteiger partial charge in [-0.1, -0.05) is 25.1 Å². The first-order valence-corrected chi connectivity index (χ1v) is 7.85. The van der Waals surface area contributed by atoms with Gasteiger partial charge in [0, 0.05) is 24.8 Å². The highest BCUT2D eigenvalue weighted by molar-refractivity contribution is 5.54. The van der Waals surface area contributed by atoms with E-state index in [1.54, 1.807) is 5.56 Å². The number of aryl methyl sites for hydroxylation is 1. The van der Waals surface area contributed by atoms with Crippen molar-refractivity contribution in [2.45, 2.75) is 51.5 Å². The molecule has 0 fully saturated rings. The Labute approximate surface area is 118 Å². The van der Waals surface area contributed by atoms with Gasteiger partial charge in [-0.2, -0.15) is 0 Å². The lowest BCUT2D eigenvalue weighted by molar-refractivity contribution is 0.489. The normalized spacial score (nSPS) is 16.8. The lowest BCUT2D eigenvalue weighted by Crippen LogP contribution is -2.29. The molecule has 2 nitrogen and oxygen atoms in total.